The van der Waals surface area contributed by atoms with Crippen molar-refractivity contribution in [3.05, 3.63) is 28.8 Å². The standard InChI is InChI=1S/C12H16ClNO2/c1-3-4-8(2)14-11-7-9(12(15)16)5-6-10(11)13/h5-8,14H,3-4H2,1-2H3,(H,15,16). The van der Waals surface area contributed by atoms with Crippen LogP contribution in [-0.2, 0) is 0 Å². The summed E-state index contributed by atoms with van der Waals surface area (Å²) in [5, 5.41) is 12.6. The summed E-state index contributed by atoms with van der Waals surface area (Å²) in [5.41, 5.74) is 0.929. The molecule has 0 saturated heterocycles. The zero-order chi connectivity index (χ0) is 12.1. The molecule has 0 amide bonds. The van der Waals surface area contributed by atoms with Gasteiger partial charge in [-0.15, -0.1) is 0 Å². The molecule has 1 rings (SSSR count). The van der Waals surface area contributed by atoms with Gasteiger partial charge < -0.3 is 10.4 Å². The number of carboxylic acids is 1. The molecule has 1 aromatic rings. The van der Waals surface area contributed by atoms with E-state index in [4.69, 9.17) is 16.7 Å². The van der Waals surface area contributed by atoms with Crippen LogP contribution in [0.5, 0.6) is 0 Å². The molecule has 88 valence electrons. The normalized spacial score (nSPS) is 12.2. The fourth-order valence-corrected chi connectivity index (χ4v) is 1.71. The lowest BCUT2D eigenvalue weighted by atomic mass is 10.1. The number of aromatic carboxylic acids is 1. The lowest BCUT2D eigenvalue weighted by Crippen LogP contribution is -2.15. The average molecular weight is 242 g/mol. The molecule has 0 bridgehead atoms. The molecule has 0 radical (unpaired) electrons. The second-order valence-electron chi connectivity index (χ2n) is 3.83. The van der Waals surface area contributed by atoms with Gasteiger partial charge in [-0.05, 0) is 31.5 Å². The summed E-state index contributed by atoms with van der Waals surface area (Å²) in [4.78, 5) is 10.8. The van der Waals surface area contributed by atoms with E-state index in [9.17, 15) is 4.79 Å². The molecule has 0 spiro atoms. The fourth-order valence-electron chi connectivity index (χ4n) is 1.54. The van der Waals surface area contributed by atoms with Crippen molar-refractivity contribution in [1.29, 1.82) is 0 Å². The highest BCUT2D eigenvalue weighted by Gasteiger charge is 2.09. The number of benzene rings is 1. The maximum absolute atomic E-state index is 10.8. The first-order valence-electron chi connectivity index (χ1n) is 5.34. The van der Waals surface area contributed by atoms with Gasteiger partial charge in [0.15, 0.2) is 0 Å². The molecule has 0 saturated carbocycles. The topological polar surface area (TPSA) is 49.3 Å². The van der Waals surface area contributed by atoms with Gasteiger partial charge in [0.1, 0.15) is 0 Å². The Morgan fingerprint density at radius 3 is 2.81 bits per heavy atom. The van der Waals surface area contributed by atoms with E-state index in [2.05, 4.69) is 12.2 Å². The number of rotatable bonds is 5. The zero-order valence-electron chi connectivity index (χ0n) is 9.46. The maximum atomic E-state index is 10.8. The van der Waals surface area contributed by atoms with Gasteiger partial charge in [-0.25, -0.2) is 4.79 Å². The predicted octanol–water partition coefficient (Wildman–Crippen LogP) is 3.64. The molecule has 1 atom stereocenters. The van der Waals surface area contributed by atoms with E-state index in [1.807, 2.05) is 6.92 Å². The van der Waals surface area contributed by atoms with Crippen molar-refractivity contribution >= 4 is 23.3 Å². The van der Waals surface area contributed by atoms with Crippen LogP contribution >= 0.6 is 11.6 Å². The van der Waals surface area contributed by atoms with Crippen molar-refractivity contribution in [3.63, 3.8) is 0 Å². The highest BCUT2D eigenvalue weighted by atomic mass is 35.5. The Hall–Kier alpha value is -1.22. The van der Waals surface area contributed by atoms with Crippen LogP contribution in [0.4, 0.5) is 5.69 Å². The average Bonchev–Trinajstić information content (AvgIpc) is 2.21. The Kier molecular flexibility index (Phi) is 4.62. The summed E-state index contributed by atoms with van der Waals surface area (Å²) in [5.74, 6) is -0.942. The molecule has 4 heteroatoms. The Labute approximate surface area is 100 Å². The fraction of sp³-hybridized carbons (Fsp3) is 0.417. The SMILES string of the molecule is CCCC(C)Nc1cc(C(=O)O)ccc1Cl. The smallest absolute Gasteiger partial charge is 0.335 e. The predicted molar refractivity (Wildman–Crippen MR) is 66.4 cm³/mol. The molecule has 2 N–H and O–H groups in total. The van der Waals surface area contributed by atoms with Gasteiger partial charge >= 0.3 is 5.97 Å². The van der Waals surface area contributed by atoms with Crippen molar-refractivity contribution < 1.29 is 9.90 Å². The van der Waals surface area contributed by atoms with Gasteiger partial charge in [0.2, 0.25) is 0 Å². The molecular formula is C12H16ClNO2. The van der Waals surface area contributed by atoms with E-state index < -0.39 is 5.97 Å². The maximum Gasteiger partial charge on any atom is 0.335 e. The Bertz CT molecular complexity index is 379. The summed E-state index contributed by atoms with van der Waals surface area (Å²) in [6, 6.07) is 4.95. The van der Waals surface area contributed by atoms with Crippen molar-refractivity contribution in [2.45, 2.75) is 32.7 Å². The third-order valence-electron chi connectivity index (χ3n) is 2.34. The minimum atomic E-state index is -0.942. The molecule has 0 aromatic heterocycles. The molecule has 3 nitrogen and oxygen atoms in total. The van der Waals surface area contributed by atoms with Crippen molar-refractivity contribution in [2.75, 3.05) is 5.32 Å². The Balaban J connectivity index is 2.85. The molecule has 1 unspecified atom stereocenters. The highest BCUT2D eigenvalue weighted by molar-refractivity contribution is 6.33. The molecule has 0 aliphatic heterocycles. The van der Waals surface area contributed by atoms with Gasteiger partial charge in [-0.3, -0.25) is 0 Å². The van der Waals surface area contributed by atoms with E-state index >= 15 is 0 Å². The van der Waals surface area contributed by atoms with Crippen molar-refractivity contribution in [3.8, 4) is 0 Å². The summed E-state index contributed by atoms with van der Waals surface area (Å²) in [6.07, 6.45) is 2.10. The number of carboxylic acid groups (broad SMARTS) is 1. The number of nitrogens with one attached hydrogen (secondary N) is 1. The van der Waals surface area contributed by atoms with Gasteiger partial charge in [-0.1, -0.05) is 24.9 Å². The van der Waals surface area contributed by atoms with E-state index in [1.54, 1.807) is 12.1 Å². The van der Waals surface area contributed by atoms with Gasteiger partial charge in [0.25, 0.3) is 0 Å². The Morgan fingerprint density at radius 2 is 2.25 bits per heavy atom. The first-order chi connectivity index (χ1) is 7.54. The van der Waals surface area contributed by atoms with E-state index in [0.717, 1.165) is 12.8 Å². The summed E-state index contributed by atoms with van der Waals surface area (Å²) >= 11 is 5.99. The molecule has 0 aliphatic carbocycles. The molecule has 0 aliphatic rings. The summed E-state index contributed by atoms with van der Waals surface area (Å²) in [6.45, 7) is 4.15. The van der Waals surface area contributed by atoms with Crippen LogP contribution in [0, 0.1) is 0 Å². The quantitative estimate of drug-likeness (QED) is 0.828. The minimum absolute atomic E-state index is 0.246. The van der Waals surface area contributed by atoms with Crippen LogP contribution in [-0.4, -0.2) is 17.1 Å². The van der Waals surface area contributed by atoms with Crippen LogP contribution in [0.2, 0.25) is 5.02 Å². The molecule has 0 heterocycles. The second kappa shape index (κ2) is 5.75. The number of carbonyl (C=O) groups is 1. The van der Waals surface area contributed by atoms with Gasteiger partial charge in [-0.2, -0.15) is 0 Å². The van der Waals surface area contributed by atoms with Crippen molar-refractivity contribution in [2.24, 2.45) is 0 Å². The first kappa shape index (κ1) is 12.8. The first-order valence-corrected chi connectivity index (χ1v) is 5.71. The summed E-state index contributed by atoms with van der Waals surface area (Å²) < 4.78 is 0. The van der Waals surface area contributed by atoms with Crippen LogP contribution in [0.25, 0.3) is 0 Å². The number of hydrogen-bond acceptors (Lipinski definition) is 2. The van der Waals surface area contributed by atoms with E-state index in [1.165, 1.54) is 6.07 Å². The molecule has 16 heavy (non-hydrogen) atoms. The molecule has 0 fully saturated rings. The third kappa shape index (κ3) is 3.42. The monoisotopic (exact) mass is 241 g/mol. The second-order valence-corrected chi connectivity index (χ2v) is 4.24. The zero-order valence-corrected chi connectivity index (χ0v) is 10.2. The molecular weight excluding hydrogens is 226 g/mol. The molecule has 1 aromatic carbocycles. The van der Waals surface area contributed by atoms with Gasteiger partial charge in [0, 0.05) is 6.04 Å². The third-order valence-corrected chi connectivity index (χ3v) is 2.67. The van der Waals surface area contributed by atoms with E-state index in [0.29, 0.717) is 10.7 Å². The Morgan fingerprint density at radius 1 is 1.56 bits per heavy atom. The van der Waals surface area contributed by atoms with E-state index in [-0.39, 0.29) is 11.6 Å². The largest absolute Gasteiger partial charge is 0.478 e. The lowest BCUT2D eigenvalue weighted by molar-refractivity contribution is 0.0697. The highest BCUT2D eigenvalue weighted by Crippen LogP contribution is 2.24. The van der Waals surface area contributed by atoms with Gasteiger partial charge in [0.05, 0.1) is 16.3 Å². The van der Waals surface area contributed by atoms with Crippen LogP contribution in [0.1, 0.15) is 37.0 Å². The van der Waals surface area contributed by atoms with Crippen LogP contribution in [0.15, 0.2) is 18.2 Å². The lowest BCUT2D eigenvalue weighted by Gasteiger charge is -2.15. The number of halogens is 1. The summed E-state index contributed by atoms with van der Waals surface area (Å²) in [7, 11) is 0. The van der Waals surface area contributed by atoms with Crippen LogP contribution in [0.3, 0.4) is 0 Å². The number of hydrogen-bond donors (Lipinski definition) is 2. The van der Waals surface area contributed by atoms with Crippen LogP contribution < -0.4 is 5.32 Å². The number of anilines is 1. The minimum Gasteiger partial charge on any atom is -0.478 e. The van der Waals surface area contributed by atoms with Crippen molar-refractivity contribution in [1.82, 2.24) is 0 Å².